The number of fused-ring (bicyclic) bond motifs is 1. The molecule has 0 spiro atoms. The smallest absolute Gasteiger partial charge is 0.0708 e. The minimum Gasteiger partial charge on any atom is -0.344 e. The molecule has 2 nitrogen and oxygen atoms in total. The lowest BCUT2D eigenvalue weighted by Gasteiger charge is -2.17. The number of rotatable bonds is 4. The van der Waals surface area contributed by atoms with Gasteiger partial charge in [-0.05, 0) is 56.6 Å². The van der Waals surface area contributed by atoms with Gasteiger partial charge in [-0.1, -0.05) is 121 Å². The highest BCUT2D eigenvalue weighted by molar-refractivity contribution is 5.96. The summed E-state index contributed by atoms with van der Waals surface area (Å²) in [5.41, 5.74) is 10.8. The molecule has 0 atom stereocenters. The molecule has 5 aromatic carbocycles. The van der Waals surface area contributed by atoms with Crippen molar-refractivity contribution in [2.24, 2.45) is 0 Å². The fraction of sp³-hybridized carbons (Fsp3) is 0. The number of nitrogens with zero attached hydrogens (tertiary/aromatic N) is 1. The van der Waals surface area contributed by atoms with Crippen LogP contribution in [0.15, 0.2) is 140 Å². The first-order valence-electron chi connectivity index (χ1n) is 11.6. The van der Waals surface area contributed by atoms with E-state index >= 15 is 0 Å². The second-order valence-corrected chi connectivity index (χ2v) is 8.41. The highest BCUT2D eigenvalue weighted by Gasteiger charge is 2.14. The summed E-state index contributed by atoms with van der Waals surface area (Å²) in [5.74, 6) is 0. The third-order valence-electron chi connectivity index (χ3n) is 6.37. The van der Waals surface area contributed by atoms with Crippen molar-refractivity contribution >= 4 is 10.9 Å². The van der Waals surface area contributed by atoms with Gasteiger partial charge in [0.2, 0.25) is 0 Å². The van der Waals surface area contributed by atoms with Gasteiger partial charge in [-0.15, -0.1) is 0 Å². The zero-order chi connectivity index (χ0) is 22.7. The standard InChI is InChI=1S/C33H23N.H3N/c1-3-10-24(11-4-1)29-15-9-16-30(33(29)27-12-5-2-6-13-27)26-20-18-25(19-21-26)28-22-23-34-32-17-8-7-14-31(28)32;/h1-23H;1H3. The first kappa shape index (κ1) is 22.3. The third-order valence-corrected chi connectivity index (χ3v) is 6.37. The average molecular weight is 451 g/mol. The Morgan fingerprint density at radius 1 is 0.371 bits per heavy atom. The molecule has 0 saturated carbocycles. The van der Waals surface area contributed by atoms with Gasteiger partial charge < -0.3 is 6.15 Å². The Morgan fingerprint density at radius 3 is 1.54 bits per heavy atom. The Labute approximate surface area is 206 Å². The lowest BCUT2D eigenvalue weighted by Crippen LogP contribution is -1.91. The van der Waals surface area contributed by atoms with Crippen molar-refractivity contribution in [3.8, 4) is 44.5 Å². The molecule has 6 rings (SSSR count). The molecule has 35 heavy (non-hydrogen) atoms. The Kier molecular flexibility index (Phi) is 6.21. The number of pyridine rings is 1. The van der Waals surface area contributed by atoms with E-state index in [0.29, 0.717) is 0 Å². The maximum atomic E-state index is 4.52. The van der Waals surface area contributed by atoms with Crippen LogP contribution in [0.5, 0.6) is 0 Å². The molecular weight excluding hydrogens is 424 g/mol. The highest BCUT2D eigenvalue weighted by Crippen LogP contribution is 2.40. The van der Waals surface area contributed by atoms with Crippen molar-refractivity contribution in [1.29, 1.82) is 0 Å². The number of benzene rings is 5. The summed E-state index contributed by atoms with van der Waals surface area (Å²) in [6.07, 6.45) is 1.89. The van der Waals surface area contributed by atoms with Crippen LogP contribution in [0.4, 0.5) is 0 Å². The molecular formula is C33H26N2. The van der Waals surface area contributed by atoms with Crippen LogP contribution >= 0.6 is 0 Å². The summed E-state index contributed by atoms with van der Waals surface area (Å²) in [6, 6.07) is 47.3. The van der Waals surface area contributed by atoms with Crippen LogP contribution in [0.2, 0.25) is 0 Å². The van der Waals surface area contributed by atoms with Crippen molar-refractivity contribution in [3.05, 3.63) is 140 Å². The molecule has 2 heteroatoms. The second-order valence-electron chi connectivity index (χ2n) is 8.41. The van der Waals surface area contributed by atoms with E-state index in [9.17, 15) is 0 Å². The molecule has 0 aliphatic rings. The van der Waals surface area contributed by atoms with Crippen LogP contribution in [-0.2, 0) is 0 Å². The van der Waals surface area contributed by atoms with Gasteiger partial charge in [0.05, 0.1) is 5.52 Å². The van der Waals surface area contributed by atoms with Crippen molar-refractivity contribution in [2.75, 3.05) is 0 Å². The zero-order valence-electron chi connectivity index (χ0n) is 19.4. The first-order chi connectivity index (χ1) is 16.9. The number of para-hydroxylation sites is 1. The quantitative estimate of drug-likeness (QED) is 0.291. The molecule has 3 N–H and O–H groups in total. The topological polar surface area (TPSA) is 47.9 Å². The van der Waals surface area contributed by atoms with Gasteiger partial charge in [0.1, 0.15) is 0 Å². The summed E-state index contributed by atoms with van der Waals surface area (Å²) in [6.45, 7) is 0. The zero-order valence-corrected chi connectivity index (χ0v) is 19.4. The molecule has 1 aromatic heterocycles. The van der Waals surface area contributed by atoms with Gasteiger partial charge in [-0.25, -0.2) is 0 Å². The minimum absolute atomic E-state index is 0. The van der Waals surface area contributed by atoms with E-state index in [1.54, 1.807) is 0 Å². The Hall–Kier alpha value is -4.53. The van der Waals surface area contributed by atoms with Gasteiger partial charge in [-0.2, -0.15) is 0 Å². The minimum atomic E-state index is 0. The maximum absolute atomic E-state index is 4.52. The molecule has 0 aliphatic heterocycles. The Bertz CT molecular complexity index is 1570. The lowest BCUT2D eigenvalue weighted by molar-refractivity contribution is 1.41. The molecule has 0 radical (unpaired) electrons. The van der Waals surface area contributed by atoms with Crippen molar-refractivity contribution in [2.45, 2.75) is 0 Å². The van der Waals surface area contributed by atoms with Gasteiger partial charge in [0.15, 0.2) is 0 Å². The van der Waals surface area contributed by atoms with Crippen LogP contribution in [0.25, 0.3) is 55.4 Å². The average Bonchev–Trinajstić information content (AvgIpc) is 2.93. The molecule has 6 aromatic rings. The normalized spacial score (nSPS) is 10.6. The van der Waals surface area contributed by atoms with Gasteiger partial charge in [0, 0.05) is 11.6 Å². The van der Waals surface area contributed by atoms with E-state index in [4.69, 9.17) is 0 Å². The van der Waals surface area contributed by atoms with Crippen LogP contribution in [-0.4, -0.2) is 4.98 Å². The van der Waals surface area contributed by atoms with Crippen LogP contribution in [0, 0.1) is 0 Å². The molecule has 0 bridgehead atoms. The Morgan fingerprint density at radius 2 is 0.886 bits per heavy atom. The molecule has 0 amide bonds. The largest absolute Gasteiger partial charge is 0.344 e. The maximum Gasteiger partial charge on any atom is 0.0708 e. The van der Waals surface area contributed by atoms with E-state index in [1.165, 1.54) is 49.9 Å². The predicted molar refractivity (Wildman–Crippen MR) is 149 cm³/mol. The van der Waals surface area contributed by atoms with Crippen LogP contribution in [0.3, 0.4) is 0 Å². The fourth-order valence-corrected chi connectivity index (χ4v) is 4.74. The molecule has 0 unspecified atom stereocenters. The van der Waals surface area contributed by atoms with Crippen molar-refractivity contribution in [1.82, 2.24) is 11.1 Å². The predicted octanol–water partition coefficient (Wildman–Crippen LogP) is 9.06. The molecule has 1 heterocycles. The second kappa shape index (κ2) is 9.76. The van der Waals surface area contributed by atoms with E-state index in [2.05, 4.69) is 132 Å². The molecule has 0 fully saturated rings. The molecule has 0 aliphatic carbocycles. The highest BCUT2D eigenvalue weighted by atomic mass is 14.6. The molecule has 0 saturated heterocycles. The van der Waals surface area contributed by atoms with E-state index < -0.39 is 0 Å². The van der Waals surface area contributed by atoms with Gasteiger partial charge in [-0.3, -0.25) is 4.98 Å². The van der Waals surface area contributed by atoms with Gasteiger partial charge >= 0.3 is 0 Å². The van der Waals surface area contributed by atoms with Crippen molar-refractivity contribution < 1.29 is 0 Å². The van der Waals surface area contributed by atoms with E-state index in [1.807, 2.05) is 12.3 Å². The monoisotopic (exact) mass is 450 g/mol. The van der Waals surface area contributed by atoms with Crippen LogP contribution < -0.4 is 6.15 Å². The van der Waals surface area contributed by atoms with E-state index in [-0.39, 0.29) is 6.15 Å². The van der Waals surface area contributed by atoms with E-state index in [0.717, 1.165) is 5.52 Å². The SMILES string of the molecule is N.c1ccc(-c2cccc(-c3ccc(-c4ccnc5ccccc45)cc3)c2-c2ccccc2)cc1. The lowest BCUT2D eigenvalue weighted by atomic mass is 9.87. The Balaban J connectivity index is 0.00000253. The number of hydrogen-bond donors (Lipinski definition) is 1. The number of hydrogen-bond acceptors (Lipinski definition) is 2. The fourth-order valence-electron chi connectivity index (χ4n) is 4.74. The van der Waals surface area contributed by atoms with Crippen molar-refractivity contribution in [3.63, 3.8) is 0 Å². The molecule has 168 valence electrons. The third kappa shape index (κ3) is 4.23. The van der Waals surface area contributed by atoms with Crippen LogP contribution in [0.1, 0.15) is 0 Å². The summed E-state index contributed by atoms with van der Waals surface area (Å²) >= 11 is 0. The summed E-state index contributed by atoms with van der Waals surface area (Å²) < 4.78 is 0. The summed E-state index contributed by atoms with van der Waals surface area (Å²) in [4.78, 5) is 4.52. The number of aromatic nitrogens is 1. The first-order valence-corrected chi connectivity index (χ1v) is 11.6. The summed E-state index contributed by atoms with van der Waals surface area (Å²) in [7, 11) is 0. The van der Waals surface area contributed by atoms with Gasteiger partial charge in [0.25, 0.3) is 0 Å². The summed E-state index contributed by atoms with van der Waals surface area (Å²) in [5, 5.41) is 1.17.